The van der Waals surface area contributed by atoms with E-state index < -0.39 is 0 Å². The number of nitrogens with zero attached hydrogens (tertiary/aromatic N) is 2. The summed E-state index contributed by atoms with van der Waals surface area (Å²) in [5.74, 6) is 0.855. The van der Waals surface area contributed by atoms with Gasteiger partial charge < -0.3 is 10.2 Å². The van der Waals surface area contributed by atoms with Gasteiger partial charge in [0.25, 0.3) is 0 Å². The molecule has 4 nitrogen and oxygen atoms in total. The van der Waals surface area contributed by atoms with Crippen LogP contribution in [0.4, 0.5) is 5.82 Å². The zero-order chi connectivity index (χ0) is 13.2. The Balaban J connectivity index is 2.29. The van der Waals surface area contributed by atoms with Gasteiger partial charge in [-0.3, -0.25) is 0 Å². The SMILES string of the molecule is N#Cc1cc(-c2cccs2)c(-c2ccco2)nc1N. The van der Waals surface area contributed by atoms with Crippen molar-refractivity contribution in [2.24, 2.45) is 0 Å². The summed E-state index contributed by atoms with van der Waals surface area (Å²) in [5, 5.41) is 11.0. The Morgan fingerprint density at radius 2 is 2.21 bits per heavy atom. The van der Waals surface area contributed by atoms with Crippen LogP contribution >= 0.6 is 11.3 Å². The Labute approximate surface area is 113 Å². The van der Waals surface area contributed by atoms with Gasteiger partial charge >= 0.3 is 0 Å². The third kappa shape index (κ3) is 1.98. The lowest BCUT2D eigenvalue weighted by Crippen LogP contribution is -1.98. The molecule has 3 aromatic heterocycles. The van der Waals surface area contributed by atoms with E-state index in [0.717, 1.165) is 10.4 Å². The normalized spacial score (nSPS) is 10.3. The van der Waals surface area contributed by atoms with Gasteiger partial charge in [-0.05, 0) is 29.6 Å². The molecule has 2 N–H and O–H groups in total. The maximum Gasteiger partial charge on any atom is 0.152 e. The molecule has 0 aliphatic rings. The van der Waals surface area contributed by atoms with Gasteiger partial charge in [0.1, 0.15) is 17.6 Å². The molecule has 3 heterocycles. The minimum absolute atomic E-state index is 0.217. The number of nitrogens with two attached hydrogens (primary N) is 1. The fourth-order valence-corrected chi connectivity index (χ4v) is 2.58. The van der Waals surface area contributed by atoms with E-state index in [1.165, 1.54) is 0 Å². The van der Waals surface area contributed by atoms with E-state index in [1.54, 1.807) is 29.7 Å². The molecule has 0 unspecified atom stereocenters. The summed E-state index contributed by atoms with van der Waals surface area (Å²) >= 11 is 1.58. The van der Waals surface area contributed by atoms with Crippen molar-refractivity contribution in [2.45, 2.75) is 0 Å². The third-order valence-corrected chi connectivity index (χ3v) is 3.62. The van der Waals surface area contributed by atoms with E-state index in [4.69, 9.17) is 15.4 Å². The molecule has 19 heavy (non-hydrogen) atoms. The summed E-state index contributed by atoms with van der Waals surface area (Å²) in [6.07, 6.45) is 1.59. The summed E-state index contributed by atoms with van der Waals surface area (Å²) in [5.41, 5.74) is 7.68. The molecule has 0 fully saturated rings. The van der Waals surface area contributed by atoms with Crippen molar-refractivity contribution in [3.63, 3.8) is 0 Å². The van der Waals surface area contributed by atoms with Crippen LogP contribution in [-0.2, 0) is 0 Å². The number of nitriles is 1. The first-order valence-corrected chi connectivity index (χ1v) is 6.46. The number of anilines is 1. The lowest BCUT2D eigenvalue weighted by atomic mass is 10.1. The average Bonchev–Trinajstić information content (AvgIpc) is 3.11. The van der Waals surface area contributed by atoms with Crippen LogP contribution in [0.1, 0.15) is 5.56 Å². The molecule has 92 valence electrons. The van der Waals surface area contributed by atoms with Gasteiger partial charge in [0.2, 0.25) is 0 Å². The van der Waals surface area contributed by atoms with Crippen molar-refractivity contribution in [1.29, 1.82) is 5.26 Å². The molecule has 0 radical (unpaired) electrons. The Hall–Kier alpha value is -2.58. The van der Waals surface area contributed by atoms with Gasteiger partial charge in [-0.2, -0.15) is 5.26 Å². The summed E-state index contributed by atoms with van der Waals surface area (Å²) < 4.78 is 5.39. The average molecular weight is 267 g/mol. The Morgan fingerprint density at radius 1 is 1.32 bits per heavy atom. The first-order chi connectivity index (χ1) is 9.29. The van der Waals surface area contributed by atoms with E-state index in [0.29, 0.717) is 17.0 Å². The lowest BCUT2D eigenvalue weighted by molar-refractivity contribution is 0.580. The topological polar surface area (TPSA) is 75.8 Å². The molecule has 3 rings (SSSR count). The maximum absolute atomic E-state index is 9.07. The molecule has 0 atom stereocenters. The largest absolute Gasteiger partial charge is 0.463 e. The highest BCUT2D eigenvalue weighted by Gasteiger charge is 2.15. The predicted octanol–water partition coefficient (Wildman–Crippen LogP) is 3.52. The van der Waals surface area contributed by atoms with Crippen molar-refractivity contribution in [1.82, 2.24) is 4.98 Å². The smallest absolute Gasteiger partial charge is 0.152 e. The molecule has 0 aromatic carbocycles. The van der Waals surface area contributed by atoms with Crippen molar-refractivity contribution < 1.29 is 4.42 Å². The van der Waals surface area contributed by atoms with Crippen LogP contribution in [0.3, 0.4) is 0 Å². The Morgan fingerprint density at radius 3 is 2.84 bits per heavy atom. The number of hydrogen-bond donors (Lipinski definition) is 1. The Bertz CT molecular complexity index is 740. The number of thiophene rings is 1. The number of nitrogen functional groups attached to an aromatic ring is 1. The molecule has 5 heteroatoms. The standard InChI is InChI=1S/C14H9N3OS/c15-8-9-7-10(12-4-2-6-19-12)13(17-14(9)16)11-3-1-5-18-11/h1-7H,(H2,16,17). The van der Waals surface area contributed by atoms with E-state index in [1.807, 2.05) is 23.6 Å². The van der Waals surface area contributed by atoms with Gasteiger partial charge in [0.15, 0.2) is 5.76 Å². The summed E-state index contributed by atoms with van der Waals surface area (Å²) in [6, 6.07) is 11.4. The van der Waals surface area contributed by atoms with Crippen LogP contribution in [0.2, 0.25) is 0 Å². The zero-order valence-corrected chi connectivity index (χ0v) is 10.6. The number of hydrogen-bond acceptors (Lipinski definition) is 5. The maximum atomic E-state index is 9.07. The summed E-state index contributed by atoms with van der Waals surface area (Å²) in [4.78, 5) is 5.33. The molecule has 0 saturated carbocycles. The van der Waals surface area contributed by atoms with Crippen molar-refractivity contribution in [3.05, 3.63) is 47.5 Å². The molecule has 0 aliphatic carbocycles. The third-order valence-electron chi connectivity index (χ3n) is 2.71. The van der Waals surface area contributed by atoms with Crippen LogP contribution < -0.4 is 5.73 Å². The minimum Gasteiger partial charge on any atom is -0.463 e. The fraction of sp³-hybridized carbons (Fsp3) is 0. The molecule has 0 bridgehead atoms. The highest BCUT2D eigenvalue weighted by molar-refractivity contribution is 7.13. The molecule has 0 amide bonds. The van der Waals surface area contributed by atoms with Gasteiger partial charge in [0, 0.05) is 10.4 Å². The van der Waals surface area contributed by atoms with Crippen LogP contribution in [0.15, 0.2) is 46.4 Å². The van der Waals surface area contributed by atoms with E-state index >= 15 is 0 Å². The number of aromatic nitrogens is 1. The highest BCUT2D eigenvalue weighted by Crippen LogP contribution is 2.35. The van der Waals surface area contributed by atoms with Crippen LogP contribution in [0.25, 0.3) is 21.9 Å². The Kier molecular flexibility index (Phi) is 2.78. The second kappa shape index (κ2) is 4.59. The molecular formula is C14H9N3OS. The van der Waals surface area contributed by atoms with Crippen LogP contribution in [-0.4, -0.2) is 4.98 Å². The van der Waals surface area contributed by atoms with Gasteiger partial charge in [-0.25, -0.2) is 4.98 Å². The number of rotatable bonds is 2. The van der Waals surface area contributed by atoms with Crippen LogP contribution in [0.5, 0.6) is 0 Å². The zero-order valence-electron chi connectivity index (χ0n) is 9.83. The van der Waals surface area contributed by atoms with E-state index in [-0.39, 0.29) is 5.82 Å². The second-order valence-electron chi connectivity index (χ2n) is 3.88. The molecule has 0 aliphatic heterocycles. The number of furan rings is 1. The van der Waals surface area contributed by atoms with Crippen molar-refractivity contribution in [3.8, 4) is 28.0 Å². The van der Waals surface area contributed by atoms with Gasteiger partial charge in [-0.15, -0.1) is 11.3 Å². The summed E-state index contributed by atoms with van der Waals surface area (Å²) in [6.45, 7) is 0. The van der Waals surface area contributed by atoms with E-state index in [9.17, 15) is 0 Å². The monoisotopic (exact) mass is 267 g/mol. The predicted molar refractivity (Wildman–Crippen MR) is 74.4 cm³/mol. The first-order valence-electron chi connectivity index (χ1n) is 5.58. The second-order valence-corrected chi connectivity index (χ2v) is 4.83. The fourth-order valence-electron chi connectivity index (χ4n) is 1.84. The minimum atomic E-state index is 0.217. The van der Waals surface area contributed by atoms with Crippen LogP contribution in [0, 0.1) is 11.3 Å². The van der Waals surface area contributed by atoms with Crippen molar-refractivity contribution in [2.75, 3.05) is 5.73 Å². The molecule has 0 spiro atoms. The molecular weight excluding hydrogens is 258 g/mol. The highest BCUT2D eigenvalue weighted by atomic mass is 32.1. The lowest BCUT2D eigenvalue weighted by Gasteiger charge is -2.07. The first kappa shape index (κ1) is 11.5. The van der Waals surface area contributed by atoms with E-state index in [2.05, 4.69) is 11.1 Å². The molecule has 0 saturated heterocycles. The quantitative estimate of drug-likeness (QED) is 0.770. The van der Waals surface area contributed by atoms with Gasteiger partial charge in [0.05, 0.1) is 11.8 Å². The summed E-state index contributed by atoms with van der Waals surface area (Å²) in [7, 11) is 0. The molecule has 3 aromatic rings. The van der Waals surface area contributed by atoms with Gasteiger partial charge in [-0.1, -0.05) is 6.07 Å². The van der Waals surface area contributed by atoms with Crippen molar-refractivity contribution >= 4 is 17.2 Å². The number of pyridine rings is 1.